The summed E-state index contributed by atoms with van der Waals surface area (Å²) < 4.78 is 11.3. The number of benzene rings is 1. The Morgan fingerprint density at radius 3 is 2.66 bits per heavy atom. The third-order valence-electron chi connectivity index (χ3n) is 6.83. The number of rotatable bonds is 8. The first kappa shape index (κ1) is 26.1. The lowest BCUT2D eigenvalue weighted by Gasteiger charge is -2.22. The van der Waals surface area contributed by atoms with E-state index < -0.39 is 6.10 Å². The number of hydrogen-bond donors (Lipinski definition) is 2. The second-order valence-electron chi connectivity index (χ2n) is 9.60. The van der Waals surface area contributed by atoms with E-state index in [1.165, 1.54) is 11.1 Å². The summed E-state index contributed by atoms with van der Waals surface area (Å²) in [4.78, 5) is 16.7. The molecule has 1 aliphatic rings. The fraction of sp³-hybridized carbons (Fsp3) is 0.357. The lowest BCUT2D eigenvalue weighted by Crippen LogP contribution is -2.29. The summed E-state index contributed by atoms with van der Waals surface area (Å²) in [6.45, 7) is 9.85. The van der Waals surface area contributed by atoms with Crippen LogP contribution in [0.25, 0.3) is 22.6 Å². The van der Waals surface area contributed by atoms with E-state index in [9.17, 15) is 5.11 Å². The topological polar surface area (TPSA) is 109 Å². The number of aryl methyl sites for hydroxylation is 3. The van der Waals surface area contributed by atoms with Gasteiger partial charge in [-0.25, -0.2) is 9.97 Å². The molecular weight excluding hydrogens is 504 g/mol. The second kappa shape index (κ2) is 10.7. The van der Waals surface area contributed by atoms with Crippen LogP contribution in [-0.2, 0) is 13.1 Å². The molecule has 5 rings (SSSR count). The molecular formula is C28H31ClN6O3. The highest BCUT2D eigenvalue weighted by Gasteiger charge is 2.28. The molecule has 4 heterocycles. The van der Waals surface area contributed by atoms with Gasteiger partial charge in [-0.1, -0.05) is 16.8 Å². The van der Waals surface area contributed by atoms with Gasteiger partial charge in [0.1, 0.15) is 30.0 Å². The summed E-state index contributed by atoms with van der Waals surface area (Å²) in [6.07, 6.45) is 1.21. The van der Waals surface area contributed by atoms with Crippen LogP contribution in [0.4, 0.5) is 5.82 Å². The molecule has 0 amide bonds. The Bertz CT molecular complexity index is 1470. The fourth-order valence-electron chi connectivity index (χ4n) is 4.87. The molecule has 0 spiro atoms. The number of anilines is 1. The number of aromatic nitrogens is 4. The molecule has 9 nitrogen and oxygen atoms in total. The van der Waals surface area contributed by atoms with Crippen LogP contribution in [0.1, 0.15) is 33.8 Å². The Kier molecular flexibility index (Phi) is 7.34. The summed E-state index contributed by atoms with van der Waals surface area (Å²) in [5, 5.41) is 17.7. The van der Waals surface area contributed by atoms with Crippen LogP contribution < -0.4 is 15.0 Å². The van der Waals surface area contributed by atoms with Crippen molar-refractivity contribution < 1.29 is 14.4 Å². The molecule has 0 radical (unpaired) electrons. The van der Waals surface area contributed by atoms with Crippen molar-refractivity contribution in [2.45, 2.75) is 46.9 Å². The van der Waals surface area contributed by atoms with E-state index in [0.29, 0.717) is 41.0 Å². The van der Waals surface area contributed by atoms with E-state index in [4.69, 9.17) is 30.8 Å². The van der Waals surface area contributed by atoms with Crippen LogP contribution >= 0.6 is 11.6 Å². The van der Waals surface area contributed by atoms with Crippen LogP contribution in [0, 0.1) is 27.7 Å². The molecule has 2 N–H and O–H groups in total. The van der Waals surface area contributed by atoms with Crippen LogP contribution in [-0.4, -0.2) is 51.5 Å². The predicted molar refractivity (Wildman–Crippen MR) is 146 cm³/mol. The van der Waals surface area contributed by atoms with Gasteiger partial charge in [0, 0.05) is 42.7 Å². The van der Waals surface area contributed by atoms with Gasteiger partial charge < -0.3 is 24.6 Å². The number of halogens is 1. The number of aliphatic hydroxyl groups is 1. The van der Waals surface area contributed by atoms with Crippen molar-refractivity contribution in [3.8, 4) is 28.4 Å². The lowest BCUT2D eigenvalue weighted by molar-refractivity contribution is 0.108. The third-order valence-corrected chi connectivity index (χ3v) is 7.16. The van der Waals surface area contributed by atoms with Crippen LogP contribution in [0.3, 0.4) is 0 Å². The van der Waals surface area contributed by atoms with Gasteiger partial charge in [0.15, 0.2) is 5.82 Å². The molecule has 0 saturated heterocycles. The average molecular weight is 535 g/mol. The van der Waals surface area contributed by atoms with Crippen molar-refractivity contribution >= 4 is 17.4 Å². The number of likely N-dealkylation sites (N-methyl/N-ethyl adjacent to an activating group) is 1. The quantitative estimate of drug-likeness (QED) is 0.336. The number of aliphatic hydroxyl groups excluding tert-OH is 1. The molecule has 198 valence electrons. The maximum atomic E-state index is 10.1. The number of ether oxygens (including phenoxy) is 1. The van der Waals surface area contributed by atoms with Crippen molar-refractivity contribution in [1.29, 1.82) is 0 Å². The fourth-order valence-corrected chi connectivity index (χ4v) is 5.07. The van der Waals surface area contributed by atoms with E-state index in [2.05, 4.69) is 26.4 Å². The van der Waals surface area contributed by atoms with E-state index in [-0.39, 0.29) is 6.61 Å². The number of fused-ring (bicyclic) bond motifs is 1. The zero-order valence-electron chi connectivity index (χ0n) is 22.2. The Morgan fingerprint density at radius 2 is 1.95 bits per heavy atom. The molecule has 3 aromatic heterocycles. The van der Waals surface area contributed by atoms with Crippen molar-refractivity contribution in [1.82, 2.24) is 25.4 Å². The molecule has 0 fully saturated rings. The van der Waals surface area contributed by atoms with Gasteiger partial charge in [0.2, 0.25) is 0 Å². The highest BCUT2D eigenvalue weighted by atomic mass is 35.5. The normalized spacial score (nSPS) is 13.6. The standard InChI is InChI=1S/C28H31ClN6O3/c1-15-26(25-17(3)34-38-18(25)4)32-27(22-10-21(6-7-24(22)29)37-14-20(36)11-30-5)33-28(15)35-12-19-8-9-31-16(2)23(19)13-35/h6-10,20,30,36H,11-14H2,1-5H3/t20-/m1/s1. The largest absolute Gasteiger partial charge is 0.491 e. The summed E-state index contributed by atoms with van der Waals surface area (Å²) >= 11 is 6.68. The molecule has 10 heteroatoms. The first-order valence-corrected chi connectivity index (χ1v) is 12.9. The number of hydrogen-bond acceptors (Lipinski definition) is 9. The van der Waals surface area contributed by atoms with E-state index in [1.54, 1.807) is 19.2 Å². The second-order valence-corrected chi connectivity index (χ2v) is 10.0. The van der Waals surface area contributed by atoms with Gasteiger partial charge in [-0.05, 0) is 70.1 Å². The molecule has 4 aromatic rings. The molecule has 1 aliphatic heterocycles. The summed E-state index contributed by atoms with van der Waals surface area (Å²) in [5.41, 5.74) is 7.41. The maximum absolute atomic E-state index is 10.1. The number of nitrogens with one attached hydrogen (secondary N) is 1. The minimum atomic E-state index is -0.637. The van der Waals surface area contributed by atoms with Gasteiger partial charge in [-0.3, -0.25) is 4.98 Å². The van der Waals surface area contributed by atoms with Gasteiger partial charge in [-0.15, -0.1) is 0 Å². The Labute approximate surface area is 226 Å². The molecule has 0 aliphatic carbocycles. The van der Waals surface area contributed by atoms with Gasteiger partial charge in [0.25, 0.3) is 0 Å². The number of pyridine rings is 1. The highest BCUT2D eigenvalue weighted by molar-refractivity contribution is 6.33. The zero-order valence-corrected chi connectivity index (χ0v) is 22.9. The first-order valence-electron chi connectivity index (χ1n) is 12.5. The van der Waals surface area contributed by atoms with Crippen LogP contribution in [0.2, 0.25) is 5.02 Å². The Morgan fingerprint density at radius 1 is 1.13 bits per heavy atom. The first-order chi connectivity index (χ1) is 18.3. The summed E-state index contributed by atoms with van der Waals surface area (Å²) in [6, 6.07) is 7.41. The van der Waals surface area contributed by atoms with Crippen molar-refractivity contribution in [2.24, 2.45) is 0 Å². The Hall–Kier alpha value is -3.53. The third kappa shape index (κ3) is 4.97. The SMILES string of the molecule is CNC[C@@H](O)COc1ccc(Cl)c(-c2nc(-c3c(C)noc3C)c(C)c(N3Cc4ccnc(C)c4C3)n2)c1. The predicted octanol–water partition coefficient (Wildman–Crippen LogP) is 4.56. The average Bonchev–Trinajstić information content (AvgIpc) is 3.48. The molecule has 0 bridgehead atoms. The summed E-state index contributed by atoms with van der Waals surface area (Å²) in [5.74, 6) is 2.54. The molecule has 1 aromatic carbocycles. The molecule has 0 unspecified atom stereocenters. The lowest BCUT2D eigenvalue weighted by atomic mass is 10.0. The minimum Gasteiger partial charge on any atom is -0.491 e. The van der Waals surface area contributed by atoms with Gasteiger partial charge in [0.05, 0.1) is 22.0 Å². The van der Waals surface area contributed by atoms with Gasteiger partial charge >= 0.3 is 0 Å². The molecule has 38 heavy (non-hydrogen) atoms. The van der Waals surface area contributed by atoms with Crippen molar-refractivity contribution in [3.63, 3.8) is 0 Å². The summed E-state index contributed by atoms with van der Waals surface area (Å²) in [7, 11) is 1.78. The zero-order chi connectivity index (χ0) is 27.0. The van der Waals surface area contributed by atoms with E-state index in [0.717, 1.165) is 40.6 Å². The molecule has 0 saturated carbocycles. The van der Waals surface area contributed by atoms with E-state index >= 15 is 0 Å². The van der Waals surface area contributed by atoms with Gasteiger partial charge in [-0.2, -0.15) is 0 Å². The monoisotopic (exact) mass is 534 g/mol. The van der Waals surface area contributed by atoms with Crippen LogP contribution in [0.15, 0.2) is 35.0 Å². The molecule has 1 atom stereocenters. The number of nitrogens with zero attached hydrogens (tertiary/aromatic N) is 5. The highest BCUT2D eigenvalue weighted by Crippen LogP contribution is 2.39. The Balaban J connectivity index is 1.61. The minimum absolute atomic E-state index is 0.145. The van der Waals surface area contributed by atoms with Crippen LogP contribution in [0.5, 0.6) is 5.75 Å². The van der Waals surface area contributed by atoms with Crippen molar-refractivity contribution in [2.75, 3.05) is 25.1 Å². The van der Waals surface area contributed by atoms with E-state index in [1.807, 2.05) is 40.0 Å². The maximum Gasteiger partial charge on any atom is 0.163 e. The van der Waals surface area contributed by atoms with Crippen molar-refractivity contribution in [3.05, 3.63) is 69.3 Å². The smallest absolute Gasteiger partial charge is 0.163 e.